The van der Waals surface area contributed by atoms with E-state index in [1.807, 2.05) is 31.4 Å². The minimum Gasteiger partial charge on any atom is -0.310 e. The number of carbonyl (C=O) groups excluding carboxylic acids is 1. The number of aromatic nitrogens is 6. The Bertz CT molecular complexity index is 1140. The van der Waals surface area contributed by atoms with Crippen LogP contribution in [0.2, 0.25) is 0 Å². The highest BCUT2D eigenvalue weighted by atomic mass is 32.1. The van der Waals surface area contributed by atoms with Gasteiger partial charge in [-0.2, -0.15) is 25.6 Å². The van der Waals surface area contributed by atoms with Gasteiger partial charge in [-0.25, -0.2) is 0 Å². The summed E-state index contributed by atoms with van der Waals surface area (Å²) in [5, 5.41) is 24.4. The van der Waals surface area contributed by atoms with Gasteiger partial charge in [0.05, 0.1) is 5.69 Å². The van der Waals surface area contributed by atoms with Crippen LogP contribution < -0.4 is 5.32 Å². The molecule has 1 amide bonds. The molecule has 5 heterocycles. The summed E-state index contributed by atoms with van der Waals surface area (Å²) >= 11 is 1.63. The van der Waals surface area contributed by atoms with E-state index in [-0.39, 0.29) is 11.8 Å². The van der Waals surface area contributed by atoms with Gasteiger partial charge in [-0.15, -0.1) is 15.3 Å². The molecular formula is C17H15N7OS. The largest absolute Gasteiger partial charge is 0.310 e. The molecule has 130 valence electrons. The third-order valence-corrected chi connectivity index (χ3v) is 5.37. The van der Waals surface area contributed by atoms with Crippen LogP contribution in [-0.4, -0.2) is 35.5 Å². The molecule has 0 radical (unpaired) electrons. The van der Waals surface area contributed by atoms with Crippen molar-refractivity contribution in [3.05, 3.63) is 51.6 Å². The highest BCUT2D eigenvalue weighted by Crippen LogP contribution is 2.40. The van der Waals surface area contributed by atoms with E-state index in [9.17, 15) is 4.79 Å². The molecular weight excluding hydrogens is 350 g/mol. The van der Waals surface area contributed by atoms with E-state index in [0.717, 1.165) is 16.8 Å². The second kappa shape index (κ2) is 5.46. The Kier molecular flexibility index (Phi) is 3.20. The van der Waals surface area contributed by atoms with Crippen LogP contribution in [0.3, 0.4) is 0 Å². The molecule has 0 spiro atoms. The molecule has 1 N–H and O–H groups in total. The summed E-state index contributed by atoms with van der Waals surface area (Å²) in [4.78, 5) is 12.4. The number of fused-ring (bicyclic) bond motifs is 2. The van der Waals surface area contributed by atoms with Crippen LogP contribution in [0.1, 0.15) is 35.0 Å². The van der Waals surface area contributed by atoms with Crippen molar-refractivity contribution >= 4 is 28.7 Å². The SMILES string of the molecule is Cc1nn(-c2ccc3nnc(C)n3n2)c2c1[C@H](c1ccsc1)CC(=O)N2. The Morgan fingerprint density at radius 3 is 2.88 bits per heavy atom. The minimum absolute atomic E-state index is 0.0131. The van der Waals surface area contributed by atoms with E-state index in [0.29, 0.717) is 29.5 Å². The molecule has 4 aromatic rings. The molecule has 0 fully saturated rings. The molecule has 8 nitrogen and oxygen atoms in total. The normalized spacial score (nSPS) is 16.7. The van der Waals surface area contributed by atoms with E-state index in [4.69, 9.17) is 0 Å². The van der Waals surface area contributed by atoms with Gasteiger partial charge in [0.25, 0.3) is 0 Å². The zero-order valence-corrected chi connectivity index (χ0v) is 15.0. The van der Waals surface area contributed by atoms with Gasteiger partial charge in [0.15, 0.2) is 17.3 Å². The summed E-state index contributed by atoms with van der Waals surface area (Å²) in [6.45, 7) is 3.81. The molecule has 0 bridgehead atoms. The van der Waals surface area contributed by atoms with Crippen molar-refractivity contribution in [2.75, 3.05) is 5.32 Å². The predicted octanol–water partition coefficient (Wildman–Crippen LogP) is 2.46. The Morgan fingerprint density at radius 2 is 2.08 bits per heavy atom. The van der Waals surface area contributed by atoms with Crippen LogP contribution in [0.25, 0.3) is 11.5 Å². The van der Waals surface area contributed by atoms with Crippen LogP contribution in [0.15, 0.2) is 29.0 Å². The molecule has 4 aromatic heterocycles. The lowest BCUT2D eigenvalue weighted by Gasteiger charge is -2.23. The summed E-state index contributed by atoms with van der Waals surface area (Å²) in [6, 6.07) is 5.74. The molecule has 0 saturated heterocycles. The van der Waals surface area contributed by atoms with Crippen molar-refractivity contribution in [1.29, 1.82) is 0 Å². The number of nitrogens with zero attached hydrogens (tertiary/aromatic N) is 6. The van der Waals surface area contributed by atoms with Crippen molar-refractivity contribution in [3.63, 3.8) is 0 Å². The highest BCUT2D eigenvalue weighted by Gasteiger charge is 2.33. The zero-order chi connectivity index (χ0) is 17.8. The Balaban J connectivity index is 1.70. The van der Waals surface area contributed by atoms with Gasteiger partial charge in [-0.3, -0.25) is 4.79 Å². The van der Waals surface area contributed by atoms with Gasteiger partial charge in [0.1, 0.15) is 5.82 Å². The number of rotatable bonds is 2. The minimum atomic E-state index is -0.0172. The zero-order valence-electron chi connectivity index (χ0n) is 14.2. The lowest BCUT2D eigenvalue weighted by atomic mass is 9.87. The predicted molar refractivity (Wildman–Crippen MR) is 96.8 cm³/mol. The standard InChI is InChI=1S/C17H15N7OS/c1-9-16-12(11-5-6-26-8-11)7-15(25)18-17(16)24(21-9)14-4-3-13-20-19-10(2)23(13)22-14/h3-6,8,12H,7H2,1-2H3,(H,18,25)/t12-/m0/s1. The van der Waals surface area contributed by atoms with Crippen molar-refractivity contribution in [2.24, 2.45) is 0 Å². The highest BCUT2D eigenvalue weighted by molar-refractivity contribution is 7.08. The summed E-state index contributed by atoms with van der Waals surface area (Å²) in [5.74, 6) is 1.99. The molecule has 1 aliphatic rings. The molecule has 0 aliphatic carbocycles. The first-order chi connectivity index (χ1) is 12.6. The Morgan fingerprint density at radius 1 is 1.19 bits per heavy atom. The molecule has 0 aromatic carbocycles. The molecule has 0 unspecified atom stereocenters. The quantitative estimate of drug-likeness (QED) is 0.589. The monoisotopic (exact) mass is 365 g/mol. The average Bonchev–Trinajstić information content (AvgIpc) is 3.35. The first kappa shape index (κ1) is 15.2. The van der Waals surface area contributed by atoms with Gasteiger partial charge in [-0.1, -0.05) is 0 Å². The van der Waals surface area contributed by atoms with Gasteiger partial charge in [0.2, 0.25) is 5.91 Å². The number of nitrogens with one attached hydrogen (secondary N) is 1. The summed E-state index contributed by atoms with van der Waals surface area (Å²) < 4.78 is 3.36. The fourth-order valence-corrected chi connectivity index (χ4v) is 4.18. The first-order valence-electron chi connectivity index (χ1n) is 8.22. The van der Waals surface area contributed by atoms with Crippen molar-refractivity contribution in [3.8, 4) is 5.82 Å². The number of amides is 1. The third kappa shape index (κ3) is 2.17. The summed E-state index contributed by atoms with van der Waals surface area (Å²) in [7, 11) is 0. The second-order valence-electron chi connectivity index (χ2n) is 6.33. The number of hydrogen-bond donors (Lipinski definition) is 1. The van der Waals surface area contributed by atoms with Crippen molar-refractivity contribution in [2.45, 2.75) is 26.2 Å². The molecule has 26 heavy (non-hydrogen) atoms. The molecule has 5 rings (SSSR count). The molecule has 0 saturated carbocycles. The summed E-state index contributed by atoms with van der Waals surface area (Å²) in [6.07, 6.45) is 0.424. The van der Waals surface area contributed by atoms with E-state index in [2.05, 4.69) is 37.2 Å². The number of hydrogen-bond acceptors (Lipinski definition) is 6. The van der Waals surface area contributed by atoms with E-state index < -0.39 is 0 Å². The molecule has 1 atom stereocenters. The third-order valence-electron chi connectivity index (χ3n) is 4.67. The van der Waals surface area contributed by atoms with Gasteiger partial charge in [-0.05, 0) is 48.4 Å². The van der Waals surface area contributed by atoms with Crippen molar-refractivity contribution in [1.82, 2.24) is 29.6 Å². The fraction of sp³-hybridized carbons (Fsp3) is 0.235. The Labute approximate surface area is 152 Å². The second-order valence-corrected chi connectivity index (χ2v) is 7.11. The maximum atomic E-state index is 12.4. The molecule has 9 heteroatoms. The van der Waals surface area contributed by atoms with Crippen LogP contribution in [-0.2, 0) is 4.79 Å². The topological polar surface area (TPSA) is 90.0 Å². The fourth-order valence-electron chi connectivity index (χ4n) is 3.47. The number of aryl methyl sites for hydroxylation is 2. The number of carbonyl (C=O) groups is 1. The Hall–Kier alpha value is -3.07. The van der Waals surface area contributed by atoms with E-state index in [1.165, 1.54) is 0 Å². The van der Waals surface area contributed by atoms with Crippen LogP contribution in [0, 0.1) is 13.8 Å². The lowest BCUT2D eigenvalue weighted by Crippen LogP contribution is -2.25. The van der Waals surface area contributed by atoms with E-state index >= 15 is 0 Å². The van der Waals surface area contributed by atoms with E-state index in [1.54, 1.807) is 20.5 Å². The smallest absolute Gasteiger partial charge is 0.226 e. The number of thiophene rings is 1. The van der Waals surface area contributed by atoms with Crippen molar-refractivity contribution < 1.29 is 4.79 Å². The van der Waals surface area contributed by atoms with Gasteiger partial charge >= 0.3 is 0 Å². The van der Waals surface area contributed by atoms with Crippen LogP contribution >= 0.6 is 11.3 Å². The lowest BCUT2D eigenvalue weighted by molar-refractivity contribution is -0.116. The van der Waals surface area contributed by atoms with Crippen LogP contribution in [0.4, 0.5) is 5.82 Å². The average molecular weight is 365 g/mol. The van der Waals surface area contributed by atoms with Gasteiger partial charge < -0.3 is 5.32 Å². The van der Waals surface area contributed by atoms with Gasteiger partial charge in [0, 0.05) is 17.9 Å². The molecule has 1 aliphatic heterocycles. The maximum Gasteiger partial charge on any atom is 0.226 e. The maximum absolute atomic E-state index is 12.4. The number of anilines is 1. The first-order valence-corrected chi connectivity index (χ1v) is 9.17. The summed E-state index contributed by atoms with van der Waals surface area (Å²) in [5.41, 5.74) is 3.75. The van der Waals surface area contributed by atoms with Crippen LogP contribution in [0.5, 0.6) is 0 Å².